The van der Waals surface area contributed by atoms with Crippen molar-refractivity contribution in [1.29, 1.82) is 0 Å². The average Bonchev–Trinajstić information content (AvgIpc) is 3.14. The molecular formula is C19H19ClN6O4. The molecule has 0 unspecified atom stereocenters. The van der Waals surface area contributed by atoms with Crippen LogP contribution in [0.5, 0.6) is 0 Å². The fraction of sp³-hybridized carbons (Fsp3) is 0.316. The molecule has 1 aliphatic heterocycles. The van der Waals surface area contributed by atoms with Crippen molar-refractivity contribution in [3.05, 3.63) is 63.2 Å². The molecule has 0 radical (unpaired) electrons. The maximum absolute atomic E-state index is 11.7. The molecule has 1 saturated heterocycles. The lowest BCUT2D eigenvalue weighted by atomic mass is 10.2. The van der Waals surface area contributed by atoms with Gasteiger partial charge in [-0.15, -0.1) is 0 Å². The van der Waals surface area contributed by atoms with Crippen molar-refractivity contribution in [2.45, 2.75) is 6.54 Å². The van der Waals surface area contributed by atoms with Crippen molar-refractivity contribution in [3.63, 3.8) is 0 Å². The summed E-state index contributed by atoms with van der Waals surface area (Å²) in [4.78, 5) is 35.5. The number of fused-ring (bicyclic) bond motifs is 1. The highest BCUT2D eigenvalue weighted by molar-refractivity contribution is 6.30. The minimum Gasteiger partial charge on any atom is -0.465 e. The van der Waals surface area contributed by atoms with Crippen LogP contribution in [0.4, 0.5) is 11.5 Å². The normalized spacial score (nSPS) is 14.8. The van der Waals surface area contributed by atoms with Gasteiger partial charge in [-0.25, -0.2) is 14.8 Å². The first kappa shape index (κ1) is 20.0. The topological polar surface area (TPSA) is 106 Å². The van der Waals surface area contributed by atoms with E-state index in [4.69, 9.17) is 11.6 Å². The number of anilines is 1. The van der Waals surface area contributed by atoms with Gasteiger partial charge in [-0.1, -0.05) is 11.6 Å². The third-order valence-electron chi connectivity index (χ3n) is 4.99. The van der Waals surface area contributed by atoms with Gasteiger partial charge in [0.2, 0.25) is 5.82 Å². The molecule has 0 saturated carbocycles. The zero-order chi connectivity index (χ0) is 21.3. The molecule has 0 aliphatic carbocycles. The molecule has 156 valence electrons. The van der Waals surface area contributed by atoms with Crippen molar-refractivity contribution in [1.82, 2.24) is 19.3 Å². The Hall–Kier alpha value is -3.24. The monoisotopic (exact) mass is 430 g/mol. The fourth-order valence-electron chi connectivity index (χ4n) is 3.49. The molecule has 0 bridgehead atoms. The van der Waals surface area contributed by atoms with Crippen LogP contribution in [0.3, 0.4) is 0 Å². The van der Waals surface area contributed by atoms with E-state index in [0.717, 1.165) is 11.3 Å². The number of halogens is 1. The Morgan fingerprint density at radius 1 is 1.27 bits per heavy atom. The van der Waals surface area contributed by atoms with Crippen LogP contribution in [-0.4, -0.2) is 63.5 Å². The molecule has 4 heterocycles. The zero-order valence-corrected chi connectivity index (χ0v) is 16.9. The van der Waals surface area contributed by atoms with Crippen LogP contribution < -0.4 is 4.90 Å². The number of ether oxygens (including phenoxy) is 1. The largest absolute Gasteiger partial charge is 0.465 e. The van der Waals surface area contributed by atoms with E-state index in [9.17, 15) is 14.9 Å². The summed E-state index contributed by atoms with van der Waals surface area (Å²) in [5.74, 6) is -0.398. The van der Waals surface area contributed by atoms with Crippen molar-refractivity contribution in [2.24, 2.45) is 0 Å². The number of esters is 1. The SMILES string of the molecule is COC(=O)c1cnc(N2CCN(Cc3cn4cc(Cl)ccc4n3)CC2)c([N+](=O)[O-])c1. The molecule has 3 aromatic rings. The van der Waals surface area contributed by atoms with Gasteiger partial charge in [-0.2, -0.15) is 0 Å². The molecule has 1 fully saturated rings. The molecule has 4 rings (SSSR count). The summed E-state index contributed by atoms with van der Waals surface area (Å²) in [5, 5.41) is 12.1. The molecule has 11 heteroatoms. The minimum atomic E-state index is -0.657. The van der Waals surface area contributed by atoms with Crippen LogP contribution in [0.1, 0.15) is 16.1 Å². The lowest BCUT2D eigenvalue weighted by Crippen LogP contribution is -2.46. The Morgan fingerprint density at radius 3 is 2.73 bits per heavy atom. The highest BCUT2D eigenvalue weighted by atomic mass is 35.5. The second-order valence-electron chi connectivity index (χ2n) is 6.92. The first-order valence-electron chi connectivity index (χ1n) is 9.28. The van der Waals surface area contributed by atoms with Gasteiger partial charge in [0.1, 0.15) is 5.65 Å². The average molecular weight is 431 g/mol. The Balaban J connectivity index is 1.45. The van der Waals surface area contributed by atoms with Crippen molar-refractivity contribution >= 4 is 34.7 Å². The van der Waals surface area contributed by atoms with Gasteiger partial charge in [0.05, 0.1) is 28.3 Å². The van der Waals surface area contributed by atoms with Crippen molar-refractivity contribution < 1.29 is 14.5 Å². The summed E-state index contributed by atoms with van der Waals surface area (Å²) in [7, 11) is 1.22. The molecule has 0 aromatic carbocycles. The minimum absolute atomic E-state index is 0.0542. The van der Waals surface area contributed by atoms with E-state index >= 15 is 0 Å². The fourth-order valence-corrected chi connectivity index (χ4v) is 3.66. The Labute approximate surface area is 176 Å². The molecule has 0 amide bonds. The van der Waals surface area contributed by atoms with E-state index in [1.54, 1.807) is 6.07 Å². The predicted octanol–water partition coefficient (Wildman–Crippen LogP) is 2.40. The Morgan fingerprint density at radius 2 is 2.03 bits per heavy atom. The van der Waals surface area contributed by atoms with Gasteiger partial charge in [0.15, 0.2) is 0 Å². The van der Waals surface area contributed by atoms with E-state index in [0.29, 0.717) is 37.7 Å². The number of rotatable bonds is 5. The number of nitrogens with zero attached hydrogens (tertiary/aromatic N) is 6. The summed E-state index contributed by atoms with van der Waals surface area (Å²) >= 11 is 6.02. The molecule has 0 atom stereocenters. The first-order valence-corrected chi connectivity index (χ1v) is 9.65. The number of hydrogen-bond acceptors (Lipinski definition) is 8. The van der Waals surface area contributed by atoms with Crippen LogP contribution in [0, 0.1) is 10.1 Å². The maximum atomic E-state index is 11.7. The van der Waals surface area contributed by atoms with Crippen LogP contribution >= 0.6 is 11.6 Å². The smallest absolute Gasteiger partial charge is 0.339 e. The number of imidazole rings is 1. The third-order valence-corrected chi connectivity index (χ3v) is 5.21. The lowest BCUT2D eigenvalue weighted by molar-refractivity contribution is -0.384. The molecule has 30 heavy (non-hydrogen) atoms. The zero-order valence-electron chi connectivity index (χ0n) is 16.2. The van der Waals surface area contributed by atoms with E-state index in [2.05, 4.69) is 19.6 Å². The number of carbonyl (C=O) groups is 1. The second-order valence-corrected chi connectivity index (χ2v) is 7.36. The van der Waals surface area contributed by atoms with E-state index < -0.39 is 10.9 Å². The van der Waals surface area contributed by atoms with E-state index in [1.807, 2.05) is 27.8 Å². The lowest BCUT2D eigenvalue weighted by Gasteiger charge is -2.34. The van der Waals surface area contributed by atoms with Crippen molar-refractivity contribution in [2.75, 3.05) is 38.2 Å². The predicted molar refractivity (Wildman–Crippen MR) is 110 cm³/mol. The number of methoxy groups -OCH3 is 1. The Bertz CT molecular complexity index is 1110. The van der Waals surface area contributed by atoms with Gasteiger partial charge in [0, 0.05) is 57.4 Å². The molecule has 0 spiro atoms. The van der Waals surface area contributed by atoms with Crippen LogP contribution in [0.15, 0.2) is 36.8 Å². The second kappa shape index (κ2) is 8.25. The van der Waals surface area contributed by atoms with Gasteiger partial charge in [-0.05, 0) is 12.1 Å². The summed E-state index contributed by atoms with van der Waals surface area (Å²) in [5.41, 5.74) is 1.61. The van der Waals surface area contributed by atoms with Crippen LogP contribution in [0.25, 0.3) is 5.65 Å². The van der Waals surface area contributed by atoms with Crippen molar-refractivity contribution in [3.8, 4) is 0 Å². The third kappa shape index (κ3) is 4.05. The van der Waals surface area contributed by atoms with E-state index in [-0.39, 0.29) is 17.1 Å². The molecule has 1 aliphatic rings. The van der Waals surface area contributed by atoms with Gasteiger partial charge in [-0.3, -0.25) is 15.0 Å². The number of nitro groups is 1. The summed E-state index contributed by atoms with van der Waals surface area (Å²) in [6.45, 7) is 3.22. The maximum Gasteiger partial charge on any atom is 0.339 e. The molecule has 3 aromatic heterocycles. The highest BCUT2D eigenvalue weighted by Gasteiger charge is 2.27. The Kier molecular flexibility index (Phi) is 5.51. The number of hydrogen-bond donors (Lipinski definition) is 0. The summed E-state index contributed by atoms with van der Waals surface area (Å²) < 4.78 is 6.51. The first-order chi connectivity index (χ1) is 14.4. The van der Waals surface area contributed by atoms with E-state index in [1.165, 1.54) is 19.4 Å². The number of piperazine rings is 1. The molecule has 10 nitrogen and oxygen atoms in total. The summed E-state index contributed by atoms with van der Waals surface area (Å²) in [6.07, 6.45) is 5.07. The van der Waals surface area contributed by atoms with Gasteiger partial charge in [0.25, 0.3) is 0 Å². The standard InChI is InChI=1S/C19H19ClN6O4/c1-30-19(27)13-8-16(26(28)29)18(21-9-13)24-6-4-23(5-7-24)11-15-12-25-10-14(20)2-3-17(25)22-15/h2-3,8-10,12H,4-7,11H2,1H3. The highest BCUT2D eigenvalue weighted by Crippen LogP contribution is 2.28. The number of pyridine rings is 2. The number of aromatic nitrogens is 3. The quantitative estimate of drug-likeness (QED) is 0.345. The van der Waals surface area contributed by atoms with Crippen LogP contribution in [-0.2, 0) is 11.3 Å². The molecule has 0 N–H and O–H groups in total. The van der Waals surface area contributed by atoms with Gasteiger partial charge < -0.3 is 14.0 Å². The van der Waals surface area contributed by atoms with Crippen LogP contribution in [0.2, 0.25) is 5.02 Å². The summed E-state index contributed by atoms with van der Waals surface area (Å²) in [6, 6.07) is 4.88. The molecular weight excluding hydrogens is 412 g/mol. The van der Waals surface area contributed by atoms with Gasteiger partial charge >= 0.3 is 11.7 Å². The number of carbonyl (C=O) groups excluding carboxylic acids is 1.